The summed E-state index contributed by atoms with van der Waals surface area (Å²) in [6.07, 6.45) is 0. The van der Waals surface area contributed by atoms with Gasteiger partial charge in [0.05, 0.1) is 5.02 Å². The second-order valence-electron chi connectivity index (χ2n) is 6.97. The van der Waals surface area contributed by atoms with Crippen molar-refractivity contribution in [2.75, 3.05) is 39.3 Å². The Morgan fingerprint density at radius 1 is 1.00 bits per heavy atom. The Bertz CT molecular complexity index is 776. The average Bonchev–Trinajstić information content (AvgIpc) is 2.73. The molecule has 0 aromatic heterocycles. The van der Waals surface area contributed by atoms with Gasteiger partial charge in [0.25, 0.3) is 5.91 Å². The number of likely N-dealkylation sites (N-methyl/N-ethyl adjacent to an activating group) is 1. The standard InChI is InChI=1S/C22H28ClN3O2/c1-2-25-11-13-26(14-12-25)16-19-8-4-3-7-18(19)15-24-22(27)17-28-21-10-6-5-9-20(21)23/h3-10H,2,11-17H2,1H3,(H,24,27). The average molecular weight is 402 g/mol. The van der Waals surface area contributed by atoms with Crippen molar-refractivity contribution in [3.05, 3.63) is 64.7 Å². The largest absolute Gasteiger partial charge is 0.482 e. The van der Waals surface area contributed by atoms with Gasteiger partial charge < -0.3 is 15.0 Å². The number of ether oxygens (including phenoxy) is 1. The summed E-state index contributed by atoms with van der Waals surface area (Å²) in [6, 6.07) is 15.4. The van der Waals surface area contributed by atoms with Crippen LogP contribution in [0.25, 0.3) is 0 Å². The highest BCUT2D eigenvalue weighted by Gasteiger charge is 2.16. The van der Waals surface area contributed by atoms with E-state index in [1.165, 1.54) is 5.56 Å². The molecule has 0 atom stereocenters. The van der Waals surface area contributed by atoms with E-state index in [1.807, 2.05) is 18.2 Å². The van der Waals surface area contributed by atoms with Gasteiger partial charge in [-0.3, -0.25) is 9.69 Å². The molecule has 3 rings (SSSR count). The molecule has 1 saturated heterocycles. The highest BCUT2D eigenvalue weighted by molar-refractivity contribution is 6.32. The van der Waals surface area contributed by atoms with Crippen LogP contribution in [-0.4, -0.2) is 55.0 Å². The lowest BCUT2D eigenvalue weighted by atomic mass is 10.1. The Kier molecular flexibility index (Phi) is 7.71. The van der Waals surface area contributed by atoms with Gasteiger partial charge in [0, 0.05) is 39.3 Å². The summed E-state index contributed by atoms with van der Waals surface area (Å²) in [5.41, 5.74) is 2.41. The zero-order valence-corrected chi connectivity index (χ0v) is 17.1. The van der Waals surface area contributed by atoms with Gasteiger partial charge in [-0.05, 0) is 29.8 Å². The van der Waals surface area contributed by atoms with Crippen molar-refractivity contribution < 1.29 is 9.53 Å². The molecule has 6 heteroatoms. The molecule has 0 radical (unpaired) electrons. The summed E-state index contributed by atoms with van der Waals surface area (Å²) in [7, 11) is 0. The second kappa shape index (κ2) is 10.5. The van der Waals surface area contributed by atoms with E-state index in [-0.39, 0.29) is 12.5 Å². The molecule has 0 spiro atoms. The number of piperazine rings is 1. The number of benzene rings is 2. The molecule has 0 bridgehead atoms. The van der Waals surface area contributed by atoms with Gasteiger partial charge in [-0.15, -0.1) is 0 Å². The lowest BCUT2D eigenvalue weighted by molar-refractivity contribution is -0.123. The fourth-order valence-corrected chi connectivity index (χ4v) is 3.53. The lowest BCUT2D eigenvalue weighted by Gasteiger charge is -2.34. The third kappa shape index (κ3) is 5.96. The molecule has 2 aromatic carbocycles. The van der Waals surface area contributed by atoms with Gasteiger partial charge in [0.1, 0.15) is 5.75 Å². The van der Waals surface area contributed by atoms with Crippen LogP contribution in [0.15, 0.2) is 48.5 Å². The number of carbonyl (C=O) groups excluding carboxylic acids is 1. The van der Waals surface area contributed by atoms with Crippen LogP contribution in [0, 0.1) is 0 Å². The maximum atomic E-state index is 12.2. The Morgan fingerprint density at radius 2 is 1.64 bits per heavy atom. The van der Waals surface area contributed by atoms with Crippen LogP contribution in [-0.2, 0) is 17.9 Å². The number of rotatable bonds is 8. The number of hydrogen-bond donors (Lipinski definition) is 1. The van der Waals surface area contributed by atoms with Crippen molar-refractivity contribution in [2.45, 2.75) is 20.0 Å². The SMILES string of the molecule is CCN1CCN(Cc2ccccc2CNC(=O)COc2ccccc2Cl)CC1. The van der Waals surface area contributed by atoms with Gasteiger partial charge in [0.2, 0.25) is 0 Å². The molecule has 2 aromatic rings. The molecular formula is C22H28ClN3O2. The van der Waals surface area contributed by atoms with E-state index in [4.69, 9.17) is 16.3 Å². The molecule has 0 aliphatic carbocycles. The van der Waals surface area contributed by atoms with E-state index in [1.54, 1.807) is 12.1 Å². The minimum atomic E-state index is -0.161. The molecule has 1 aliphatic rings. The molecule has 5 nitrogen and oxygen atoms in total. The number of nitrogens with one attached hydrogen (secondary N) is 1. The molecular weight excluding hydrogens is 374 g/mol. The third-order valence-electron chi connectivity index (χ3n) is 5.10. The van der Waals surface area contributed by atoms with Gasteiger partial charge in [-0.2, -0.15) is 0 Å². The number of hydrogen-bond acceptors (Lipinski definition) is 4. The van der Waals surface area contributed by atoms with Crippen LogP contribution in [0.5, 0.6) is 5.75 Å². The van der Waals surface area contributed by atoms with Gasteiger partial charge in [-0.25, -0.2) is 0 Å². The van der Waals surface area contributed by atoms with Crippen molar-refractivity contribution in [1.82, 2.24) is 15.1 Å². The van der Waals surface area contributed by atoms with Crippen molar-refractivity contribution >= 4 is 17.5 Å². The molecule has 1 aliphatic heterocycles. The van der Waals surface area contributed by atoms with E-state index in [9.17, 15) is 4.79 Å². The highest BCUT2D eigenvalue weighted by atomic mass is 35.5. The number of halogens is 1. The zero-order valence-electron chi connectivity index (χ0n) is 16.4. The molecule has 1 N–H and O–H groups in total. The molecule has 1 amide bonds. The van der Waals surface area contributed by atoms with E-state index < -0.39 is 0 Å². The van der Waals surface area contributed by atoms with E-state index in [2.05, 4.69) is 40.2 Å². The predicted octanol–water partition coefficient (Wildman–Crippen LogP) is 3.17. The first-order valence-corrected chi connectivity index (χ1v) is 10.2. The van der Waals surface area contributed by atoms with Crippen LogP contribution in [0.2, 0.25) is 5.02 Å². The Morgan fingerprint density at radius 3 is 2.36 bits per heavy atom. The fraction of sp³-hybridized carbons (Fsp3) is 0.409. The predicted molar refractivity (Wildman–Crippen MR) is 113 cm³/mol. The maximum Gasteiger partial charge on any atom is 0.258 e. The van der Waals surface area contributed by atoms with Crippen LogP contribution < -0.4 is 10.1 Å². The van der Waals surface area contributed by atoms with Crippen molar-refractivity contribution in [3.63, 3.8) is 0 Å². The molecule has 1 fully saturated rings. The number of amides is 1. The Balaban J connectivity index is 1.49. The number of nitrogens with zero attached hydrogens (tertiary/aromatic N) is 2. The van der Waals surface area contributed by atoms with Crippen LogP contribution in [0.1, 0.15) is 18.1 Å². The van der Waals surface area contributed by atoms with E-state index in [0.717, 1.165) is 44.8 Å². The summed E-state index contributed by atoms with van der Waals surface area (Å²) < 4.78 is 5.50. The van der Waals surface area contributed by atoms with Gasteiger partial charge in [0.15, 0.2) is 6.61 Å². The molecule has 0 unspecified atom stereocenters. The Hall–Kier alpha value is -2.08. The van der Waals surface area contributed by atoms with E-state index >= 15 is 0 Å². The number of para-hydroxylation sites is 1. The summed E-state index contributed by atoms with van der Waals surface area (Å²) in [5.74, 6) is 0.359. The summed E-state index contributed by atoms with van der Waals surface area (Å²) in [6.45, 7) is 9.10. The minimum Gasteiger partial charge on any atom is -0.482 e. The van der Waals surface area contributed by atoms with Crippen LogP contribution in [0.3, 0.4) is 0 Å². The molecule has 1 heterocycles. The first-order chi connectivity index (χ1) is 13.7. The highest BCUT2D eigenvalue weighted by Crippen LogP contribution is 2.22. The van der Waals surface area contributed by atoms with Crippen molar-refractivity contribution in [3.8, 4) is 5.75 Å². The van der Waals surface area contributed by atoms with Crippen molar-refractivity contribution in [2.24, 2.45) is 0 Å². The quantitative estimate of drug-likeness (QED) is 0.738. The van der Waals surface area contributed by atoms with Crippen LogP contribution in [0.4, 0.5) is 0 Å². The molecule has 28 heavy (non-hydrogen) atoms. The molecule has 150 valence electrons. The summed E-state index contributed by atoms with van der Waals surface area (Å²) >= 11 is 6.05. The first-order valence-electron chi connectivity index (χ1n) is 9.81. The minimum absolute atomic E-state index is 0.0507. The fourth-order valence-electron chi connectivity index (χ4n) is 3.34. The molecule has 0 saturated carbocycles. The zero-order chi connectivity index (χ0) is 19.8. The topological polar surface area (TPSA) is 44.8 Å². The summed E-state index contributed by atoms with van der Waals surface area (Å²) in [4.78, 5) is 17.1. The summed E-state index contributed by atoms with van der Waals surface area (Å²) in [5, 5.41) is 3.45. The number of carbonyl (C=O) groups is 1. The first kappa shape index (κ1) is 20.6. The smallest absolute Gasteiger partial charge is 0.258 e. The van der Waals surface area contributed by atoms with Gasteiger partial charge >= 0.3 is 0 Å². The normalized spacial score (nSPS) is 15.4. The second-order valence-corrected chi connectivity index (χ2v) is 7.38. The van der Waals surface area contributed by atoms with Crippen molar-refractivity contribution in [1.29, 1.82) is 0 Å². The Labute approximate surface area is 172 Å². The third-order valence-corrected chi connectivity index (χ3v) is 5.41. The van der Waals surface area contributed by atoms with Gasteiger partial charge in [-0.1, -0.05) is 54.9 Å². The van der Waals surface area contributed by atoms with E-state index in [0.29, 0.717) is 17.3 Å². The lowest BCUT2D eigenvalue weighted by Crippen LogP contribution is -2.45. The van der Waals surface area contributed by atoms with Crippen LogP contribution >= 0.6 is 11.6 Å². The monoisotopic (exact) mass is 401 g/mol. The maximum absolute atomic E-state index is 12.2.